The Balaban J connectivity index is 1.49. The number of hydrogen-bond acceptors (Lipinski definition) is 2. The SMILES string of the molecule is O[C@H]1C2CC[C@H](OCc3ccccc3)C[C@H]21. The van der Waals surface area contributed by atoms with Gasteiger partial charge < -0.3 is 9.84 Å². The van der Waals surface area contributed by atoms with Gasteiger partial charge in [-0.25, -0.2) is 0 Å². The summed E-state index contributed by atoms with van der Waals surface area (Å²) in [4.78, 5) is 0. The highest BCUT2D eigenvalue weighted by Gasteiger charge is 2.52. The van der Waals surface area contributed by atoms with E-state index in [9.17, 15) is 5.11 Å². The number of aliphatic hydroxyl groups is 1. The molecule has 1 unspecified atom stereocenters. The number of fused-ring (bicyclic) bond motifs is 1. The maximum absolute atomic E-state index is 9.57. The Bertz CT molecular complexity index is 349. The van der Waals surface area contributed by atoms with E-state index in [0.29, 0.717) is 24.5 Å². The van der Waals surface area contributed by atoms with Crippen LogP contribution in [0.5, 0.6) is 0 Å². The van der Waals surface area contributed by atoms with Gasteiger partial charge in [-0.05, 0) is 36.7 Å². The van der Waals surface area contributed by atoms with Crippen molar-refractivity contribution in [1.29, 1.82) is 0 Å². The highest BCUT2D eigenvalue weighted by Crippen LogP contribution is 2.50. The molecule has 2 fully saturated rings. The fourth-order valence-corrected chi connectivity index (χ4v) is 2.86. The molecule has 4 atom stereocenters. The normalized spacial score (nSPS) is 36.8. The number of ether oxygens (including phenoxy) is 1. The summed E-state index contributed by atoms with van der Waals surface area (Å²) >= 11 is 0. The summed E-state index contributed by atoms with van der Waals surface area (Å²) in [5, 5.41) is 9.57. The zero-order chi connectivity index (χ0) is 11.0. The van der Waals surface area contributed by atoms with E-state index < -0.39 is 0 Å². The molecule has 0 heterocycles. The van der Waals surface area contributed by atoms with Crippen molar-refractivity contribution < 1.29 is 9.84 Å². The van der Waals surface area contributed by atoms with Gasteiger partial charge in [0.15, 0.2) is 0 Å². The summed E-state index contributed by atoms with van der Waals surface area (Å²) < 4.78 is 5.90. The van der Waals surface area contributed by atoms with Gasteiger partial charge in [-0.3, -0.25) is 0 Å². The van der Waals surface area contributed by atoms with Gasteiger partial charge in [-0.2, -0.15) is 0 Å². The molecular formula is C14H18O2. The Labute approximate surface area is 96.2 Å². The summed E-state index contributed by atoms with van der Waals surface area (Å²) in [6.07, 6.45) is 3.65. The summed E-state index contributed by atoms with van der Waals surface area (Å²) in [6.45, 7) is 0.707. The van der Waals surface area contributed by atoms with Crippen LogP contribution in [0.15, 0.2) is 30.3 Å². The predicted molar refractivity (Wildman–Crippen MR) is 61.9 cm³/mol. The average Bonchev–Trinajstić information content (AvgIpc) is 2.99. The molecule has 16 heavy (non-hydrogen) atoms. The van der Waals surface area contributed by atoms with Gasteiger partial charge in [-0.15, -0.1) is 0 Å². The van der Waals surface area contributed by atoms with Crippen LogP contribution in [-0.4, -0.2) is 17.3 Å². The van der Waals surface area contributed by atoms with Crippen molar-refractivity contribution in [2.45, 2.75) is 38.1 Å². The van der Waals surface area contributed by atoms with E-state index in [0.717, 1.165) is 19.3 Å². The Morgan fingerprint density at radius 2 is 1.94 bits per heavy atom. The fraction of sp³-hybridized carbons (Fsp3) is 0.571. The van der Waals surface area contributed by atoms with Crippen LogP contribution >= 0.6 is 0 Å². The molecule has 1 aromatic rings. The Morgan fingerprint density at radius 3 is 2.69 bits per heavy atom. The van der Waals surface area contributed by atoms with E-state index in [1.807, 2.05) is 18.2 Å². The lowest BCUT2D eigenvalue weighted by atomic mass is 9.98. The Hall–Kier alpha value is -0.860. The largest absolute Gasteiger partial charge is 0.393 e. The molecule has 0 amide bonds. The summed E-state index contributed by atoms with van der Waals surface area (Å²) in [6, 6.07) is 10.3. The molecule has 0 bridgehead atoms. The predicted octanol–water partition coefficient (Wildman–Crippen LogP) is 2.36. The molecule has 2 heteroatoms. The van der Waals surface area contributed by atoms with Crippen molar-refractivity contribution in [2.24, 2.45) is 11.8 Å². The lowest BCUT2D eigenvalue weighted by Crippen LogP contribution is -2.18. The molecule has 2 saturated carbocycles. The van der Waals surface area contributed by atoms with E-state index in [4.69, 9.17) is 4.74 Å². The highest BCUT2D eigenvalue weighted by atomic mass is 16.5. The lowest BCUT2D eigenvalue weighted by molar-refractivity contribution is 0.0136. The zero-order valence-electron chi connectivity index (χ0n) is 9.38. The van der Waals surface area contributed by atoms with Gasteiger partial charge in [0.05, 0.1) is 18.8 Å². The topological polar surface area (TPSA) is 29.5 Å². The van der Waals surface area contributed by atoms with Crippen molar-refractivity contribution in [3.05, 3.63) is 35.9 Å². The van der Waals surface area contributed by atoms with Gasteiger partial charge >= 0.3 is 0 Å². The molecule has 0 aliphatic heterocycles. The number of aliphatic hydroxyl groups excluding tert-OH is 1. The fourth-order valence-electron chi connectivity index (χ4n) is 2.86. The van der Waals surface area contributed by atoms with Gasteiger partial charge in [0.2, 0.25) is 0 Å². The molecule has 0 saturated heterocycles. The summed E-state index contributed by atoms with van der Waals surface area (Å²) in [5.41, 5.74) is 1.24. The van der Waals surface area contributed by atoms with Gasteiger partial charge in [0.1, 0.15) is 0 Å². The third-order valence-corrected chi connectivity index (χ3v) is 3.97. The molecule has 3 rings (SSSR count). The zero-order valence-corrected chi connectivity index (χ0v) is 9.38. The number of benzene rings is 1. The maximum Gasteiger partial charge on any atom is 0.0720 e. The molecule has 0 radical (unpaired) electrons. The number of hydrogen-bond donors (Lipinski definition) is 1. The van der Waals surface area contributed by atoms with Crippen molar-refractivity contribution >= 4 is 0 Å². The molecule has 2 aliphatic rings. The molecule has 2 aliphatic carbocycles. The van der Waals surface area contributed by atoms with Gasteiger partial charge in [0.25, 0.3) is 0 Å². The van der Waals surface area contributed by atoms with Crippen LogP contribution in [-0.2, 0) is 11.3 Å². The molecule has 1 aromatic carbocycles. The van der Waals surface area contributed by atoms with Crippen molar-refractivity contribution in [2.75, 3.05) is 0 Å². The summed E-state index contributed by atoms with van der Waals surface area (Å²) in [7, 11) is 0. The third kappa shape index (κ3) is 2.00. The first-order valence-electron chi connectivity index (χ1n) is 6.18. The van der Waals surface area contributed by atoms with Crippen LogP contribution in [0.1, 0.15) is 24.8 Å². The summed E-state index contributed by atoms with van der Waals surface area (Å²) in [5.74, 6) is 1.13. The van der Waals surface area contributed by atoms with Crippen LogP contribution in [0.3, 0.4) is 0 Å². The second-order valence-corrected chi connectivity index (χ2v) is 5.05. The Morgan fingerprint density at radius 1 is 1.12 bits per heavy atom. The van der Waals surface area contributed by atoms with E-state index >= 15 is 0 Å². The van der Waals surface area contributed by atoms with E-state index in [1.165, 1.54) is 5.56 Å². The van der Waals surface area contributed by atoms with Crippen molar-refractivity contribution in [3.8, 4) is 0 Å². The monoisotopic (exact) mass is 218 g/mol. The van der Waals surface area contributed by atoms with E-state index in [2.05, 4.69) is 12.1 Å². The molecule has 0 spiro atoms. The van der Waals surface area contributed by atoms with Crippen LogP contribution in [0.2, 0.25) is 0 Å². The minimum Gasteiger partial charge on any atom is -0.393 e. The van der Waals surface area contributed by atoms with Crippen LogP contribution < -0.4 is 0 Å². The maximum atomic E-state index is 9.57. The average molecular weight is 218 g/mol. The molecule has 0 aromatic heterocycles. The van der Waals surface area contributed by atoms with Gasteiger partial charge in [-0.1, -0.05) is 30.3 Å². The lowest BCUT2D eigenvalue weighted by Gasteiger charge is -2.21. The molecular weight excluding hydrogens is 200 g/mol. The van der Waals surface area contributed by atoms with Crippen LogP contribution in [0.4, 0.5) is 0 Å². The standard InChI is InChI=1S/C14H18O2/c15-14-12-7-6-11(8-13(12)14)16-9-10-4-2-1-3-5-10/h1-5,11-15H,6-9H2/t11-,12?,13+,14-/m0/s1. The second kappa shape index (κ2) is 4.19. The van der Waals surface area contributed by atoms with Crippen molar-refractivity contribution in [3.63, 3.8) is 0 Å². The van der Waals surface area contributed by atoms with Crippen LogP contribution in [0.25, 0.3) is 0 Å². The Kier molecular flexibility index (Phi) is 2.70. The number of rotatable bonds is 3. The third-order valence-electron chi connectivity index (χ3n) is 3.97. The molecule has 86 valence electrons. The first-order chi connectivity index (χ1) is 7.84. The smallest absolute Gasteiger partial charge is 0.0720 e. The molecule has 1 N–H and O–H groups in total. The first kappa shape index (κ1) is 10.3. The molecule has 2 nitrogen and oxygen atoms in total. The second-order valence-electron chi connectivity index (χ2n) is 5.05. The minimum absolute atomic E-state index is 0.0228. The van der Waals surface area contributed by atoms with Gasteiger partial charge in [0, 0.05) is 0 Å². The van der Waals surface area contributed by atoms with E-state index in [1.54, 1.807) is 0 Å². The van der Waals surface area contributed by atoms with Crippen LogP contribution in [0, 0.1) is 11.8 Å². The van der Waals surface area contributed by atoms with Crippen molar-refractivity contribution in [1.82, 2.24) is 0 Å². The minimum atomic E-state index is -0.0228. The quantitative estimate of drug-likeness (QED) is 0.844. The highest BCUT2D eigenvalue weighted by molar-refractivity contribution is 5.13. The first-order valence-corrected chi connectivity index (χ1v) is 6.18. The van der Waals surface area contributed by atoms with E-state index in [-0.39, 0.29) is 6.10 Å².